The normalized spacial score (nSPS) is 14.4. The van der Waals surface area contributed by atoms with E-state index >= 15 is 0 Å². The fraction of sp³-hybridized carbons (Fsp3) is 0.625. The zero-order chi connectivity index (χ0) is 24.1. The largest absolute Gasteiger partial charge is 0.481 e. The lowest BCUT2D eigenvalue weighted by Gasteiger charge is -2.23. The van der Waals surface area contributed by atoms with Crippen LogP contribution in [-0.2, 0) is 28.8 Å². The fourth-order valence-electron chi connectivity index (χ4n) is 2.20. The minimum atomic E-state index is -1.61. The summed E-state index contributed by atoms with van der Waals surface area (Å²) in [6.07, 6.45) is 0.386. The Morgan fingerprint density at radius 3 is 1.84 bits per heavy atom. The number of primary amides is 1. The van der Waals surface area contributed by atoms with Crippen molar-refractivity contribution in [3.05, 3.63) is 0 Å². The number of rotatable bonds is 15. The maximum absolute atomic E-state index is 12.4. The van der Waals surface area contributed by atoms with Crippen molar-refractivity contribution in [2.45, 2.75) is 43.4 Å². The number of carbonyl (C=O) groups excluding carboxylic acids is 4. The van der Waals surface area contributed by atoms with E-state index in [0.717, 1.165) is 0 Å². The third-order valence-electron chi connectivity index (χ3n) is 3.81. The highest BCUT2D eigenvalue weighted by atomic mass is 32.2. The van der Waals surface area contributed by atoms with Gasteiger partial charge in [-0.2, -0.15) is 11.8 Å². The predicted molar refractivity (Wildman–Crippen MR) is 108 cm³/mol. The standard InChI is InChI=1S/C16H27N5O9S/c1-31-3-2-8(16(29)30)19-15(28)10(6-22)21-14(27)9(5-11(18)23)20-13(26)7(17)4-12(24)25/h7-10,22H,2-6,17H2,1H3,(H2,18,23)(H,19,28)(H,20,26)(H,21,27)(H,24,25)(H,29,30). The fourth-order valence-corrected chi connectivity index (χ4v) is 2.67. The molecular formula is C16H27N5O9S. The molecule has 10 N–H and O–H groups in total. The van der Waals surface area contributed by atoms with E-state index < -0.39 is 79.2 Å². The molecule has 4 unspecified atom stereocenters. The summed E-state index contributed by atoms with van der Waals surface area (Å²) < 4.78 is 0. The van der Waals surface area contributed by atoms with Gasteiger partial charge >= 0.3 is 11.9 Å². The second-order valence-electron chi connectivity index (χ2n) is 6.36. The van der Waals surface area contributed by atoms with Crippen LogP contribution in [0, 0.1) is 0 Å². The average molecular weight is 465 g/mol. The molecule has 14 nitrogen and oxygen atoms in total. The average Bonchev–Trinajstić information content (AvgIpc) is 2.66. The van der Waals surface area contributed by atoms with Gasteiger partial charge in [-0.25, -0.2) is 4.79 Å². The first-order valence-electron chi connectivity index (χ1n) is 8.92. The Labute approximate surface area is 181 Å². The lowest BCUT2D eigenvalue weighted by atomic mass is 10.1. The highest BCUT2D eigenvalue weighted by Crippen LogP contribution is 2.02. The van der Waals surface area contributed by atoms with Gasteiger partial charge in [0.2, 0.25) is 23.6 Å². The van der Waals surface area contributed by atoms with Gasteiger partial charge in [-0.15, -0.1) is 0 Å². The summed E-state index contributed by atoms with van der Waals surface area (Å²) in [5.41, 5.74) is 10.4. The second kappa shape index (κ2) is 14.2. The summed E-state index contributed by atoms with van der Waals surface area (Å²) in [7, 11) is 0. The zero-order valence-electron chi connectivity index (χ0n) is 16.7. The number of aliphatic hydroxyl groups excluding tert-OH is 1. The van der Waals surface area contributed by atoms with E-state index in [1.807, 2.05) is 0 Å². The molecule has 0 fully saturated rings. The molecule has 0 aromatic carbocycles. The zero-order valence-corrected chi connectivity index (χ0v) is 17.5. The van der Waals surface area contributed by atoms with E-state index in [2.05, 4.69) is 16.0 Å². The Bertz CT molecular complexity index is 690. The van der Waals surface area contributed by atoms with Crippen molar-refractivity contribution in [2.75, 3.05) is 18.6 Å². The quantitative estimate of drug-likeness (QED) is 0.115. The molecule has 0 saturated carbocycles. The maximum Gasteiger partial charge on any atom is 0.326 e. The van der Waals surface area contributed by atoms with E-state index in [9.17, 15) is 33.9 Å². The first-order chi connectivity index (χ1) is 14.4. The van der Waals surface area contributed by atoms with Gasteiger partial charge in [0, 0.05) is 0 Å². The summed E-state index contributed by atoms with van der Waals surface area (Å²) >= 11 is 1.36. The molecule has 0 spiro atoms. The number of amides is 4. The van der Waals surface area contributed by atoms with Gasteiger partial charge in [0.1, 0.15) is 18.1 Å². The Kier molecular flexibility index (Phi) is 12.8. The Morgan fingerprint density at radius 2 is 1.39 bits per heavy atom. The predicted octanol–water partition coefficient (Wildman–Crippen LogP) is -4.05. The van der Waals surface area contributed by atoms with E-state index in [1.165, 1.54) is 11.8 Å². The van der Waals surface area contributed by atoms with Crippen molar-refractivity contribution in [3.63, 3.8) is 0 Å². The van der Waals surface area contributed by atoms with Crippen LogP contribution in [0.15, 0.2) is 0 Å². The van der Waals surface area contributed by atoms with Crippen molar-refractivity contribution in [1.82, 2.24) is 16.0 Å². The highest BCUT2D eigenvalue weighted by molar-refractivity contribution is 7.98. The molecule has 0 radical (unpaired) electrons. The van der Waals surface area contributed by atoms with Crippen LogP contribution in [0.25, 0.3) is 0 Å². The van der Waals surface area contributed by atoms with Crippen LogP contribution >= 0.6 is 11.8 Å². The molecule has 0 aromatic rings. The second-order valence-corrected chi connectivity index (χ2v) is 7.35. The third-order valence-corrected chi connectivity index (χ3v) is 4.45. The Hall–Kier alpha value is -2.91. The molecule has 4 amide bonds. The molecule has 0 aliphatic rings. The maximum atomic E-state index is 12.4. The minimum Gasteiger partial charge on any atom is -0.481 e. The van der Waals surface area contributed by atoms with Crippen LogP contribution in [-0.4, -0.2) is 93.7 Å². The van der Waals surface area contributed by atoms with Crippen LogP contribution in [0.2, 0.25) is 0 Å². The first-order valence-corrected chi connectivity index (χ1v) is 10.3. The Balaban J connectivity index is 5.23. The Morgan fingerprint density at radius 1 is 0.871 bits per heavy atom. The lowest BCUT2D eigenvalue weighted by molar-refractivity contribution is -0.142. The van der Waals surface area contributed by atoms with Crippen LogP contribution in [0.5, 0.6) is 0 Å². The topological polar surface area (TPSA) is 251 Å². The number of carbonyl (C=O) groups is 6. The van der Waals surface area contributed by atoms with Gasteiger partial charge in [0.05, 0.1) is 25.5 Å². The van der Waals surface area contributed by atoms with Crippen molar-refractivity contribution in [3.8, 4) is 0 Å². The van der Waals surface area contributed by atoms with E-state index in [4.69, 9.17) is 21.7 Å². The molecular weight excluding hydrogens is 438 g/mol. The first kappa shape index (κ1) is 28.1. The molecule has 0 bridgehead atoms. The molecule has 0 aliphatic carbocycles. The summed E-state index contributed by atoms with van der Waals surface area (Å²) in [4.78, 5) is 69.8. The molecule has 0 heterocycles. The minimum absolute atomic E-state index is 0.0934. The number of thioether (sulfide) groups is 1. The van der Waals surface area contributed by atoms with Gasteiger partial charge in [0.15, 0.2) is 0 Å². The number of carboxylic acids is 2. The van der Waals surface area contributed by atoms with Crippen molar-refractivity contribution >= 4 is 47.3 Å². The van der Waals surface area contributed by atoms with Crippen LogP contribution in [0.4, 0.5) is 0 Å². The number of aliphatic hydroxyl groups is 1. The van der Waals surface area contributed by atoms with Gasteiger partial charge in [-0.3, -0.25) is 24.0 Å². The van der Waals surface area contributed by atoms with Crippen LogP contribution in [0.1, 0.15) is 19.3 Å². The number of hydrogen-bond donors (Lipinski definition) is 8. The molecule has 0 aromatic heterocycles. The third kappa shape index (κ3) is 11.2. The monoisotopic (exact) mass is 465 g/mol. The van der Waals surface area contributed by atoms with Gasteiger partial charge in [0.25, 0.3) is 0 Å². The molecule has 31 heavy (non-hydrogen) atoms. The molecule has 0 rings (SSSR count). The van der Waals surface area contributed by atoms with Gasteiger partial charge < -0.3 is 42.7 Å². The molecule has 4 atom stereocenters. The van der Waals surface area contributed by atoms with Gasteiger partial charge in [-0.05, 0) is 18.4 Å². The van der Waals surface area contributed by atoms with E-state index in [1.54, 1.807) is 6.26 Å². The number of nitrogens with two attached hydrogens (primary N) is 2. The smallest absolute Gasteiger partial charge is 0.326 e. The number of hydrogen-bond acceptors (Lipinski definition) is 9. The summed E-state index contributed by atoms with van der Waals surface area (Å²) in [6.45, 7) is -0.914. The summed E-state index contributed by atoms with van der Waals surface area (Å²) in [5, 5.41) is 33.6. The van der Waals surface area contributed by atoms with Crippen LogP contribution in [0.3, 0.4) is 0 Å². The SMILES string of the molecule is CSCCC(NC(=O)C(CO)NC(=O)C(CC(N)=O)NC(=O)C(N)CC(=O)O)C(=O)O. The molecule has 176 valence electrons. The molecule has 0 aliphatic heterocycles. The highest BCUT2D eigenvalue weighted by Gasteiger charge is 2.31. The summed E-state index contributed by atoms with van der Waals surface area (Å²) in [5.74, 6) is -6.41. The van der Waals surface area contributed by atoms with Gasteiger partial charge in [-0.1, -0.05) is 0 Å². The molecule has 15 heteroatoms. The van der Waals surface area contributed by atoms with Crippen LogP contribution < -0.4 is 27.4 Å². The lowest BCUT2D eigenvalue weighted by Crippen LogP contribution is -2.58. The number of nitrogens with one attached hydrogen (secondary N) is 3. The number of aliphatic carboxylic acids is 2. The number of carboxylic acid groups (broad SMARTS) is 2. The molecule has 0 saturated heterocycles. The van der Waals surface area contributed by atoms with E-state index in [-0.39, 0.29) is 6.42 Å². The van der Waals surface area contributed by atoms with Crippen molar-refractivity contribution < 1.29 is 44.1 Å². The van der Waals surface area contributed by atoms with Crippen molar-refractivity contribution in [1.29, 1.82) is 0 Å². The van der Waals surface area contributed by atoms with Crippen molar-refractivity contribution in [2.24, 2.45) is 11.5 Å². The summed E-state index contributed by atoms with van der Waals surface area (Å²) in [6, 6.07) is -5.99. The van der Waals surface area contributed by atoms with E-state index in [0.29, 0.717) is 5.75 Å².